The summed E-state index contributed by atoms with van der Waals surface area (Å²) >= 11 is 0. The molecule has 0 radical (unpaired) electrons. The molecular formula is C24H22FN3O2. The van der Waals surface area contributed by atoms with E-state index in [1.807, 2.05) is 19.1 Å². The second-order valence-electron chi connectivity index (χ2n) is 7.54. The number of halogens is 1. The number of carbonyl (C=O) groups is 2. The van der Waals surface area contributed by atoms with Gasteiger partial charge in [0.1, 0.15) is 11.9 Å². The third-order valence-corrected chi connectivity index (χ3v) is 5.54. The summed E-state index contributed by atoms with van der Waals surface area (Å²) in [5.74, 6) is -1.29. The monoisotopic (exact) mass is 403 g/mol. The van der Waals surface area contributed by atoms with Gasteiger partial charge in [-0.15, -0.1) is 0 Å². The molecule has 0 unspecified atom stereocenters. The van der Waals surface area contributed by atoms with Crippen molar-refractivity contribution in [3.8, 4) is 0 Å². The van der Waals surface area contributed by atoms with Crippen LogP contribution in [0.15, 0.2) is 67.0 Å². The van der Waals surface area contributed by atoms with Gasteiger partial charge in [0, 0.05) is 12.4 Å². The Balaban J connectivity index is 1.88. The van der Waals surface area contributed by atoms with E-state index in [0.717, 1.165) is 11.1 Å². The van der Waals surface area contributed by atoms with Crippen LogP contribution < -0.4 is 5.73 Å². The van der Waals surface area contributed by atoms with Crippen molar-refractivity contribution in [1.29, 1.82) is 0 Å². The number of carbonyl (C=O) groups excluding carboxylic acids is 2. The first-order valence-corrected chi connectivity index (χ1v) is 9.83. The number of primary amides is 1. The molecule has 3 aromatic rings. The molecule has 5 nitrogen and oxygen atoms in total. The number of aryl methyl sites for hydroxylation is 1. The Kier molecular flexibility index (Phi) is 5.31. The summed E-state index contributed by atoms with van der Waals surface area (Å²) in [4.78, 5) is 31.8. The van der Waals surface area contributed by atoms with E-state index >= 15 is 0 Å². The lowest BCUT2D eigenvalue weighted by Gasteiger charge is -2.36. The molecule has 1 heterocycles. The van der Waals surface area contributed by atoms with Gasteiger partial charge in [-0.3, -0.25) is 14.6 Å². The van der Waals surface area contributed by atoms with Gasteiger partial charge < -0.3 is 10.6 Å². The Hall–Kier alpha value is -3.54. The molecular weight excluding hydrogens is 381 g/mol. The van der Waals surface area contributed by atoms with Crippen molar-refractivity contribution in [3.05, 3.63) is 101 Å². The Bertz CT molecular complexity index is 1090. The van der Waals surface area contributed by atoms with Crippen molar-refractivity contribution >= 4 is 11.8 Å². The van der Waals surface area contributed by atoms with Crippen LogP contribution in [0.3, 0.4) is 0 Å². The van der Waals surface area contributed by atoms with Crippen molar-refractivity contribution in [2.24, 2.45) is 5.73 Å². The van der Waals surface area contributed by atoms with E-state index < -0.39 is 18.0 Å². The highest BCUT2D eigenvalue weighted by molar-refractivity contribution is 5.97. The lowest BCUT2D eigenvalue weighted by atomic mass is 9.97. The first-order valence-electron chi connectivity index (χ1n) is 9.83. The zero-order valence-electron chi connectivity index (χ0n) is 16.6. The number of fused-ring (bicyclic) bond motifs is 1. The number of pyridine rings is 1. The van der Waals surface area contributed by atoms with E-state index in [1.165, 1.54) is 17.2 Å². The first kappa shape index (κ1) is 19.8. The van der Waals surface area contributed by atoms with Crippen molar-refractivity contribution in [2.45, 2.75) is 31.8 Å². The van der Waals surface area contributed by atoms with Gasteiger partial charge in [0.2, 0.25) is 5.91 Å². The third kappa shape index (κ3) is 3.56. The van der Waals surface area contributed by atoms with Crippen LogP contribution >= 0.6 is 0 Å². The van der Waals surface area contributed by atoms with Gasteiger partial charge in [0.15, 0.2) is 0 Å². The summed E-state index contributed by atoms with van der Waals surface area (Å²) in [7, 11) is 0. The zero-order chi connectivity index (χ0) is 21.3. The van der Waals surface area contributed by atoms with E-state index in [9.17, 15) is 14.0 Å². The van der Waals surface area contributed by atoms with Crippen LogP contribution in [0.4, 0.5) is 4.39 Å². The Morgan fingerprint density at radius 3 is 2.60 bits per heavy atom. The minimum absolute atomic E-state index is 0.281. The van der Waals surface area contributed by atoms with Crippen LogP contribution in [0, 0.1) is 12.7 Å². The van der Waals surface area contributed by atoms with Crippen molar-refractivity contribution in [3.63, 3.8) is 0 Å². The summed E-state index contributed by atoms with van der Waals surface area (Å²) in [5.41, 5.74) is 8.86. The lowest BCUT2D eigenvalue weighted by Crippen LogP contribution is -2.43. The number of nitrogens with zero attached hydrogens (tertiary/aromatic N) is 2. The molecule has 0 bridgehead atoms. The summed E-state index contributed by atoms with van der Waals surface area (Å²) < 4.78 is 14.6. The molecule has 2 N–H and O–H groups in total. The number of aromatic nitrogens is 1. The van der Waals surface area contributed by atoms with Gasteiger partial charge in [0.25, 0.3) is 5.91 Å². The number of nitrogens with two attached hydrogens (primary N) is 1. The third-order valence-electron chi connectivity index (χ3n) is 5.54. The molecule has 30 heavy (non-hydrogen) atoms. The predicted octanol–water partition coefficient (Wildman–Crippen LogP) is 3.89. The Morgan fingerprint density at radius 2 is 1.93 bits per heavy atom. The second kappa shape index (κ2) is 8.06. The molecule has 6 heteroatoms. The van der Waals surface area contributed by atoms with Gasteiger partial charge in [-0.25, -0.2) is 4.39 Å². The first-order chi connectivity index (χ1) is 14.5. The normalized spacial score (nSPS) is 16.0. The van der Waals surface area contributed by atoms with Crippen LogP contribution in [-0.2, 0) is 11.2 Å². The highest BCUT2D eigenvalue weighted by atomic mass is 19.1. The standard InChI is InChI=1S/C24H22FN3O2/c1-15-12-19-18(20(25)13-15)9-10-21(19)28(24(30)17-8-5-11-27-14-17)22(23(26)29)16-6-3-2-4-7-16/h2-8,11-14,21-22H,9-10H2,1H3,(H2,26,29)/t21-,22-/m1/s1. The Labute approximate surface area is 174 Å². The van der Waals surface area contributed by atoms with Gasteiger partial charge in [-0.1, -0.05) is 36.4 Å². The zero-order valence-corrected chi connectivity index (χ0v) is 16.6. The van der Waals surface area contributed by atoms with Crippen molar-refractivity contribution in [2.75, 3.05) is 0 Å². The van der Waals surface area contributed by atoms with Crippen molar-refractivity contribution < 1.29 is 14.0 Å². The fourth-order valence-electron chi connectivity index (χ4n) is 4.26. The quantitative estimate of drug-likeness (QED) is 0.702. The maximum Gasteiger partial charge on any atom is 0.256 e. The van der Waals surface area contributed by atoms with E-state index in [4.69, 9.17) is 5.73 Å². The predicted molar refractivity (Wildman–Crippen MR) is 111 cm³/mol. The molecule has 4 rings (SSSR count). The van der Waals surface area contributed by atoms with Crippen LogP contribution in [0.5, 0.6) is 0 Å². The van der Waals surface area contributed by atoms with Crippen molar-refractivity contribution in [1.82, 2.24) is 9.88 Å². The van der Waals surface area contributed by atoms with Crippen LogP contribution in [0.25, 0.3) is 0 Å². The van der Waals surface area contributed by atoms with E-state index in [-0.39, 0.29) is 11.7 Å². The molecule has 0 aliphatic heterocycles. The minimum atomic E-state index is -0.988. The largest absolute Gasteiger partial charge is 0.368 e. The topological polar surface area (TPSA) is 76.3 Å². The highest BCUT2D eigenvalue weighted by Gasteiger charge is 2.40. The maximum atomic E-state index is 14.6. The fraction of sp³-hybridized carbons (Fsp3) is 0.208. The molecule has 1 aromatic heterocycles. The second-order valence-corrected chi connectivity index (χ2v) is 7.54. The maximum absolute atomic E-state index is 14.6. The molecule has 0 fully saturated rings. The van der Waals surface area contributed by atoms with Gasteiger partial charge in [-0.05, 0) is 60.2 Å². The molecule has 1 aliphatic rings. The summed E-state index contributed by atoms with van der Waals surface area (Å²) in [5, 5.41) is 0. The number of benzene rings is 2. The molecule has 2 aromatic carbocycles. The fourth-order valence-corrected chi connectivity index (χ4v) is 4.26. The number of hydrogen-bond donors (Lipinski definition) is 1. The summed E-state index contributed by atoms with van der Waals surface area (Å²) in [6.45, 7) is 1.81. The summed E-state index contributed by atoms with van der Waals surface area (Å²) in [6, 6.07) is 14.2. The number of hydrogen-bond acceptors (Lipinski definition) is 3. The lowest BCUT2D eigenvalue weighted by molar-refractivity contribution is -0.123. The Morgan fingerprint density at radius 1 is 1.17 bits per heavy atom. The molecule has 0 saturated heterocycles. The minimum Gasteiger partial charge on any atom is -0.368 e. The van der Waals surface area contributed by atoms with Crippen LogP contribution in [-0.4, -0.2) is 21.7 Å². The molecule has 152 valence electrons. The van der Waals surface area contributed by atoms with Crippen LogP contribution in [0.1, 0.15) is 51.1 Å². The average molecular weight is 403 g/mol. The van der Waals surface area contributed by atoms with Gasteiger partial charge in [0.05, 0.1) is 11.6 Å². The van der Waals surface area contributed by atoms with Gasteiger partial charge >= 0.3 is 0 Å². The SMILES string of the molecule is Cc1cc(F)c2c(c1)[C@H](N(C(=O)c1cccnc1)[C@@H](C(N)=O)c1ccccc1)CC2. The number of amides is 2. The van der Waals surface area contributed by atoms with Crippen LogP contribution in [0.2, 0.25) is 0 Å². The molecule has 0 saturated carbocycles. The molecule has 2 atom stereocenters. The smallest absolute Gasteiger partial charge is 0.256 e. The van der Waals surface area contributed by atoms with E-state index in [0.29, 0.717) is 29.5 Å². The van der Waals surface area contributed by atoms with Gasteiger partial charge in [-0.2, -0.15) is 0 Å². The highest BCUT2D eigenvalue weighted by Crippen LogP contribution is 2.42. The number of rotatable bonds is 5. The summed E-state index contributed by atoms with van der Waals surface area (Å²) in [6.07, 6.45) is 4.04. The average Bonchev–Trinajstić information content (AvgIpc) is 3.16. The van der Waals surface area contributed by atoms with E-state index in [1.54, 1.807) is 42.6 Å². The molecule has 2 amide bonds. The molecule has 0 spiro atoms. The van der Waals surface area contributed by atoms with E-state index in [2.05, 4.69) is 4.98 Å². The molecule has 1 aliphatic carbocycles.